The number of amides is 2. The van der Waals surface area contributed by atoms with Gasteiger partial charge < -0.3 is 10.6 Å². The monoisotopic (exact) mass is 348 g/mol. The first-order valence-electron chi connectivity index (χ1n) is 7.48. The lowest BCUT2D eigenvalue weighted by molar-refractivity contribution is 0.249. The molecule has 1 heterocycles. The van der Waals surface area contributed by atoms with Crippen molar-refractivity contribution < 1.29 is 13.2 Å². The van der Waals surface area contributed by atoms with Gasteiger partial charge in [0, 0.05) is 17.6 Å². The van der Waals surface area contributed by atoms with E-state index in [0.29, 0.717) is 11.4 Å². The Labute approximate surface area is 141 Å². The van der Waals surface area contributed by atoms with Crippen LogP contribution in [0.4, 0.5) is 16.2 Å². The van der Waals surface area contributed by atoms with Crippen LogP contribution in [0.25, 0.3) is 0 Å². The molecule has 0 spiro atoms. The predicted molar refractivity (Wildman–Crippen MR) is 94.3 cm³/mol. The zero-order chi connectivity index (χ0) is 17.6. The summed E-state index contributed by atoms with van der Waals surface area (Å²) in [5, 5.41) is 5.47. The van der Waals surface area contributed by atoms with Crippen LogP contribution in [-0.2, 0) is 10.0 Å². The molecule has 0 saturated carbocycles. The average molecular weight is 348 g/mol. The van der Waals surface area contributed by atoms with Gasteiger partial charge in [-0.05, 0) is 50.2 Å². The van der Waals surface area contributed by atoms with Crippen LogP contribution in [0.1, 0.15) is 25.6 Å². The van der Waals surface area contributed by atoms with E-state index in [4.69, 9.17) is 0 Å². The molecule has 1 unspecified atom stereocenters. The van der Waals surface area contributed by atoms with Gasteiger partial charge in [0.15, 0.2) is 0 Å². The third-order valence-electron chi connectivity index (χ3n) is 3.28. The van der Waals surface area contributed by atoms with Crippen molar-refractivity contribution in [2.24, 2.45) is 0 Å². The maximum absolute atomic E-state index is 12.0. The highest BCUT2D eigenvalue weighted by Crippen LogP contribution is 2.15. The highest BCUT2D eigenvalue weighted by Gasteiger charge is 2.11. The Morgan fingerprint density at radius 1 is 1.12 bits per heavy atom. The Kier molecular flexibility index (Phi) is 5.75. The van der Waals surface area contributed by atoms with Gasteiger partial charge in [-0.1, -0.05) is 6.07 Å². The number of aromatic nitrogens is 1. The molecule has 0 saturated heterocycles. The standard InChI is InChI=1S/C16H20N4O3S/c1-3-24(22,23)20-14-9-7-13(8-10-14)19-16(21)18-12(2)15-6-4-5-11-17-15/h4-12,20H,3H2,1-2H3,(H2,18,19,21). The number of carbonyl (C=O) groups is 1. The molecule has 0 aliphatic carbocycles. The number of nitrogens with one attached hydrogen (secondary N) is 3. The quantitative estimate of drug-likeness (QED) is 0.747. The number of hydrogen-bond acceptors (Lipinski definition) is 4. The maximum atomic E-state index is 12.0. The molecular weight excluding hydrogens is 328 g/mol. The van der Waals surface area contributed by atoms with Crippen LogP contribution in [-0.4, -0.2) is 25.2 Å². The molecule has 0 aliphatic heterocycles. The lowest BCUT2D eigenvalue weighted by Crippen LogP contribution is -2.31. The van der Waals surface area contributed by atoms with Gasteiger partial charge in [-0.2, -0.15) is 0 Å². The topological polar surface area (TPSA) is 100 Å². The van der Waals surface area contributed by atoms with Gasteiger partial charge in [0.1, 0.15) is 0 Å². The van der Waals surface area contributed by atoms with Gasteiger partial charge in [0.2, 0.25) is 10.0 Å². The fourth-order valence-corrected chi connectivity index (χ4v) is 2.58. The summed E-state index contributed by atoms with van der Waals surface area (Å²) in [6, 6.07) is 11.3. The van der Waals surface area contributed by atoms with Crippen molar-refractivity contribution in [3.63, 3.8) is 0 Å². The Morgan fingerprint density at radius 2 is 1.79 bits per heavy atom. The number of sulfonamides is 1. The van der Waals surface area contributed by atoms with Crippen LogP contribution in [0.3, 0.4) is 0 Å². The largest absolute Gasteiger partial charge is 0.330 e. The molecule has 0 bridgehead atoms. The summed E-state index contributed by atoms with van der Waals surface area (Å²) in [5.74, 6) is 0.000811. The first-order valence-corrected chi connectivity index (χ1v) is 9.14. The molecule has 1 aromatic heterocycles. The molecule has 7 nitrogen and oxygen atoms in total. The Morgan fingerprint density at radius 3 is 2.38 bits per heavy atom. The zero-order valence-corrected chi connectivity index (χ0v) is 14.3. The summed E-state index contributed by atoms with van der Waals surface area (Å²) in [7, 11) is -3.31. The Bertz CT molecular complexity index is 777. The van der Waals surface area contributed by atoms with Gasteiger partial charge in [0.05, 0.1) is 17.5 Å². The molecule has 2 aromatic rings. The fourth-order valence-electron chi connectivity index (χ4n) is 1.94. The first-order chi connectivity index (χ1) is 11.4. The minimum atomic E-state index is -3.31. The molecule has 0 radical (unpaired) electrons. The number of urea groups is 1. The summed E-state index contributed by atoms with van der Waals surface area (Å²) < 4.78 is 25.4. The van der Waals surface area contributed by atoms with Crippen molar-refractivity contribution >= 4 is 27.4 Å². The van der Waals surface area contributed by atoms with Crippen molar-refractivity contribution in [2.45, 2.75) is 19.9 Å². The van der Waals surface area contributed by atoms with Crippen molar-refractivity contribution in [1.82, 2.24) is 10.3 Å². The molecule has 0 fully saturated rings. The van der Waals surface area contributed by atoms with Crippen LogP contribution in [0.2, 0.25) is 0 Å². The highest BCUT2D eigenvalue weighted by molar-refractivity contribution is 7.92. The minimum Gasteiger partial charge on any atom is -0.330 e. The van der Waals surface area contributed by atoms with E-state index in [-0.39, 0.29) is 17.8 Å². The average Bonchev–Trinajstić information content (AvgIpc) is 2.57. The molecular formula is C16H20N4O3S. The van der Waals surface area contributed by atoms with E-state index in [2.05, 4.69) is 20.3 Å². The lowest BCUT2D eigenvalue weighted by Gasteiger charge is -2.14. The summed E-state index contributed by atoms with van der Waals surface area (Å²) in [5.41, 5.74) is 1.77. The van der Waals surface area contributed by atoms with Crippen LogP contribution < -0.4 is 15.4 Å². The molecule has 1 aromatic carbocycles. The second-order valence-corrected chi connectivity index (χ2v) is 7.17. The first kappa shape index (κ1) is 17.7. The van der Waals surface area contributed by atoms with Gasteiger partial charge in [0.25, 0.3) is 0 Å². The second kappa shape index (κ2) is 7.78. The molecule has 24 heavy (non-hydrogen) atoms. The molecule has 0 aliphatic rings. The van der Waals surface area contributed by atoms with Crippen molar-refractivity contribution in [3.05, 3.63) is 54.4 Å². The summed E-state index contributed by atoms with van der Waals surface area (Å²) in [6.07, 6.45) is 1.67. The van der Waals surface area contributed by atoms with Crippen LogP contribution >= 0.6 is 0 Å². The third kappa shape index (κ3) is 5.24. The number of anilines is 2. The predicted octanol–water partition coefficient (Wildman–Crippen LogP) is 2.73. The van der Waals surface area contributed by atoms with Crippen molar-refractivity contribution in [1.29, 1.82) is 0 Å². The molecule has 1 atom stereocenters. The van der Waals surface area contributed by atoms with E-state index in [1.54, 1.807) is 37.4 Å². The number of benzene rings is 1. The molecule has 128 valence electrons. The van der Waals surface area contributed by atoms with E-state index in [9.17, 15) is 13.2 Å². The second-order valence-electron chi connectivity index (χ2n) is 5.16. The molecule has 2 rings (SSSR count). The number of nitrogens with zero attached hydrogens (tertiary/aromatic N) is 1. The normalized spacial score (nSPS) is 12.2. The smallest absolute Gasteiger partial charge is 0.319 e. The van der Waals surface area contributed by atoms with E-state index < -0.39 is 10.0 Å². The Hall–Kier alpha value is -2.61. The summed E-state index contributed by atoms with van der Waals surface area (Å²) in [6.45, 7) is 3.40. The van der Waals surface area contributed by atoms with Gasteiger partial charge in [-0.3, -0.25) is 9.71 Å². The van der Waals surface area contributed by atoms with Crippen LogP contribution in [0.15, 0.2) is 48.7 Å². The number of pyridine rings is 1. The summed E-state index contributed by atoms with van der Waals surface area (Å²) in [4.78, 5) is 16.2. The van der Waals surface area contributed by atoms with Crippen LogP contribution in [0, 0.1) is 0 Å². The summed E-state index contributed by atoms with van der Waals surface area (Å²) >= 11 is 0. The van der Waals surface area contributed by atoms with Crippen molar-refractivity contribution in [2.75, 3.05) is 15.8 Å². The maximum Gasteiger partial charge on any atom is 0.319 e. The van der Waals surface area contributed by atoms with E-state index in [1.165, 1.54) is 0 Å². The highest BCUT2D eigenvalue weighted by atomic mass is 32.2. The van der Waals surface area contributed by atoms with Gasteiger partial charge in [-0.25, -0.2) is 13.2 Å². The molecule has 8 heteroatoms. The Balaban J connectivity index is 1.92. The van der Waals surface area contributed by atoms with Gasteiger partial charge in [-0.15, -0.1) is 0 Å². The SMILES string of the molecule is CCS(=O)(=O)Nc1ccc(NC(=O)NC(C)c2ccccn2)cc1. The number of rotatable bonds is 6. The number of hydrogen-bond donors (Lipinski definition) is 3. The van der Waals surface area contributed by atoms with E-state index in [1.807, 2.05) is 25.1 Å². The third-order valence-corrected chi connectivity index (χ3v) is 4.58. The molecule has 3 N–H and O–H groups in total. The van der Waals surface area contributed by atoms with E-state index in [0.717, 1.165) is 5.69 Å². The lowest BCUT2D eigenvalue weighted by atomic mass is 10.2. The minimum absolute atomic E-state index is 0.000811. The van der Waals surface area contributed by atoms with Crippen LogP contribution in [0.5, 0.6) is 0 Å². The number of carbonyl (C=O) groups excluding carboxylic acids is 1. The van der Waals surface area contributed by atoms with Gasteiger partial charge >= 0.3 is 6.03 Å². The zero-order valence-electron chi connectivity index (χ0n) is 13.5. The molecule has 2 amide bonds. The fraction of sp³-hybridized carbons (Fsp3) is 0.250. The van der Waals surface area contributed by atoms with Crippen molar-refractivity contribution in [3.8, 4) is 0 Å². The van der Waals surface area contributed by atoms with E-state index >= 15 is 0 Å².